The lowest BCUT2D eigenvalue weighted by Gasteiger charge is -2.05. The van der Waals surface area contributed by atoms with Crippen molar-refractivity contribution in [2.75, 3.05) is 13.1 Å². The predicted molar refractivity (Wildman–Crippen MR) is 43.0 cm³/mol. The van der Waals surface area contributed by atoms with E-state index in [4.69, 9.17) is 0 Å². The van der Waals surface area contributed by atoms with Gasteiger partial charge in [0.15, 0.2) is 0 Å². The molecule has 0 unspecified atom stereocenters. The lowest BCUT2D eigenvalue weighted by molar-refractivity contribution is -0.135. The zero-order chi connectivity index (χ0) is 9.45. The van der Waals surface area contributed by atoms with Gasteiger partial charge in [0.1, 0.15) is 0 Å². The number of alkyl halides is 3. The van der Waals surface area contributed by atoms with E-state index in [1.165, 1.54) is 0 Å². The Balaban J connectivity index is 3.11. The van der Waals surface area contributed by atoms with Gasteiger partial charge in [0.2, 0.25) is 0 Å². The first-order valence-corrected chi connectivity index (χ1v) is 3.95. The molecule has 0 saturated heterocycles. The Hall–Kier alpha value is -0.510. The van der Waals surface area contributed by atoms with E-state index >= 15 is 0 Å². The molecule has 0 amide bonds. The van der Waals surface area contributed by atoms with E-state index in [9.17, 15) is 13.2 Å². The second kappa shape index (κ2) is 6.06. The van der Waals surface area contributed by atoms with E-state index in [0.29, 0.717) is 13.1 Å². The Morgan fingerprint density at radius 3 is 2.50 bits per heavy atom. The topological polar surface area (TPSA) is 12.0 Å². The summed E-state index contributed by atoms with van der Waals surface area (Å²) < 4.78 is 34.8. The Bertz CT molecular complexity index is 129. The molecular weight excluding hydrogens is 167 g/mol. The van der Waals surface area contributed by atoms with Crippen LogP contribution in [0.4, 0.5) is 13.2 Å². The van der Waals surface area contributed by atoms with Gasteiger partial charge in [0.25, 0.3) is 0 Å². The Labute approximate surface area is 70.7 Å². The van der Waals surface area contributed by atoms with Crippen LogP contribution in [-0.4, -0.2) is 19.3 Å². The first-order chi connectivity index (χ1) is 5.56. The van der Waals surface area contributed by atoms with Crippen molar-refractivity contribution in [2.24, 2.45) is 0 Å². The molecular formula is C8H14F3N. The van der Waals surface area contributed by atoms with Crippen molar-refractivity contribution in [1.29, 1.82) is 0 Å². The Morgan fingerprint density at radius 1 is 1.33 bits per heavy atom. The lowest BCUT2D eigenvalue weighted by Crippen LogP contribution is -2.17. The number of hydrogen-bond acceptors (Lipinski definition) is 1. The van der Waals surface area contributed by atoms with Crippen LogP contribution in [0.3, 0.4) is 0 Å². The van der Waals surface area contributed by atoms with Crippen LogP contribution < -0.4 is 5.32 Å². The molecule has 12 heavy (non-hydrogen) atoms. The maximum Gasteiger partial charge on any atom is 0.389 e. The summed E-state index contributed by atoms with van der Waals surface area (Å²) in [6.07, 6.45) is -0.830. The highest BCUT2D eigenvalue weighted by Crippen LogP contribution is 2.20. The monoisotopic (exact) mass is 181 g/mol. The first kappa shape index (κ1) is 11.5. The van der Waals surface area contributed by atoms with Gasteiger partial charge in [0, 0.05) is 13.0 Å². The highest BCUT2D eigenvalue weighted by Gasteiger charge is 2.25. The average molecular weight is 181 g/mol. The van der Waals surface area contributed by atoms with Gasteiger partial charge in [-0.05, 0) is 19.9 Å². The fraction of sp³-hybridized carbons (Fsp3) is 0.750. The smallest absolute Gasteiger partial charge is 0.313 e. The zero-order valence-electron chi connectivity index (χ0n) is 7.12. The quantitative estimate of drug-likeness (QED) is 0.507. The van der Waals surface area contributed by atoms with Crippen molar-refractivity contribution in [1.82, 2.24) is 5.32 Å². The third kappa shape index (κ3) is 9.49. The summed E-state index contributed by atoms with van der Waals surface area (Å²) in [6.45, 7) is 2.94. The molecule has 72 valence electrons. The molecule has 0 spiro atoms. The molecule has 1 N–H and O–H groups in total. The molecule has 0 bridgehead atoms. The van der Waals surface area contributed by atoms with Crippen LogP contribution in [-0.2, 0) is 0 Å². The maximum atomic E-state index is 11.6. The molecule has 0 radical (unpaired) electrons. The molecule has 0 rings (SSSR count). The highest BCUT2D eigenvalue weighted by molar-refractivity contribution is 4.79. The normalized spacial score (nSPS) is 12.7. The van der Waals surface area contributed by atoms with Gasteiger partial charge in [-0.2, -0.15) is 13.2 Å². The van der Waals surface area contributed by atoms with Gasteiger partial charge in [0.05, 0.1) is 0 Å². The van der Waals surface area contributed by atoms with Gasteiger partial charge >= 0.3 is 6.18 Å². The van der Waals surface area contributed by atoms with Crippen molar-refractivity contribution in [3.63, 3.8) is 0 Å². The highest BCUT2D eigenvalue weighted by atomic mass is 19.4. The molecule has 0 aromatic heterocycles. The van der Waals surface area contributed by atoms with Crippen molar-refractivity contribution in [3.8, 4) is 0 Å². The predicted octanol–water partition coefficient (Wildman–Crippen LogP) is 2.49. The molecule has 0 aromatic carbocycles. The molecule has 0 heterocycles. The van der Waals surface area contributed by atoms with Gasteiger partial charge in [-0.1, -0.05) is 12.2 Å². The average Bonchev–Trinajstić information content (AvgIpc) is 1.94. The molecule has 0 aliphatic rings. The van der Waals surface area contributed by atoms with E-state index < -0.39 is 12.6 Å². The summed E-state index contributed by atoms with van der Waals surface area (Å²) in [5, 5.41) is 2.87. The Morgan fingerprint density at radius 2 is 2.00 bits per heavy atom. The van der Waals surface area contributed by atoms with Crippen LogP contribution in [0.15, 0.2) is 12.2 Å². The van der Waals surface area contributed by atoms with E-state index in [2.05, 4.69) is 5.32 Å². The minimum Gasteiger partial charge on any atom is -0.313 e. The van der Waals surface area contributed by atoms with E-state index in [-0.39, 0.29) is 6.42 Å². The second-order valence-electron chi connectivity index (χ2n) is 2.49. The Kier molecular flexibility index (Phi) is 5.80. The second-order valence-corrected chi connectivity index (χ2v) is 2.49. The van der Waals surface area contributed by atoms with Crippen LogP contribution in [0.5, 0.6) is 0 Å². The summed E-state index contributed by atoms with van der Waals surface area (Å²) in [7, 11) is 0. The van der Waals surface area contributed by atoms with Crippen molar-refractivity contribution >= 4 is 0 Å². The van der Waals surface area contributed by atoms with Crippen molar-refractivity contribution in [3.05, 3.63) is 12.2 Å². The summed E-state index contributed by atoms with van der Waals surface area (Å²) in [6, 6.07) is 0. The summed E-state index contributed by atoms with van der Waals surface area (Å²) in [5.41, 5.74) is 0. The van der Waals surface area contributed by atoms with Crippen LogP contribution in [0.25, 0.3) is 0 Å². The molecule has 0 atom stereocenters. The molecule has 1 nitrogen and oxygen atoms in total. The number of allylic oxidation sites excluding steroid dienone is 1. The van der Waals surface area contributed by atoms with Crippen molar-refractivity contribution < 1.29 is 13.2 Å². The SMILES string of the molecule is C/C=C/CNCCCC(F)(F)F. The number of nitrogens with one attached hydrogen (secondary N) is 1. The third-order valence-corrected chi connectivity index (χ3v) is 1.31. The molecule has 0 saturated carbocycles. The fourth-order valence-corrected chi connectivity index (χ4v) is 0.717. The number of rotatable bonds is 5. The minimum atomic E-state index is -4.01. The maximum absolute atomic E-state index is 11.6. The third-order valence-electron chi connectivity index (χ3n) is 1.31. The molecule has 0 aliphatic heterocycles. The van der Waals surface area contributed by atoms with Crippen LogP contribution >= 0.6 is 0 Å². The number of hydrogen-bond donors (Lipinski definition) is 1. The van der Waals surface area contributed by atoms with Gasteiger partial charge < -0.3 is 5.32 Å². The molecule has 0 aliphatic carbocycles. The molecule has 0 fully saturated rings. The van der Waals surface area contributed by atoms with E-state index in [0.717, 1.165) is 0 Å². The minimum absolute atomic E-state index is 0.154. The number of halogens is 3. The standard InChI is InChI=1S/C8H14F3N/c1-2-3-6-12-7-4-5-8(9,10)11/h2-3,12H,4-7H2,1H3/b3-2+. The van der Waals surface area contributed by atoms with E-state index in [1.54, 1.807) is 0 Å². The fourth-order valence-electron chi connectivity index (χ4n) is 0.717. The summed E-state index contributed by atoms with van der Waals surface area (Å²) in [4.78, 5) is 0. The van der Waals surface area contributed by atoms with Crippen molar-refractivity contribution in [2.45, 2.75) is 25.9 Å². The summed E-state index contributed by atoms with van der Waals surface area (Å²) >= 11 is 0. The lowest BCUT2D eigenvalue weighted by atomic mass is 10.3. The van der Waals surface area contributed by atoms with Crippen LogP contribution in [0.1, 0.15) is 19.8 Å². The molecule has 4 heteroatoms. The zero-order valence-corrected chi connectivity index (χ0v) is 7.12. The van der Waals surface area contributed by atoms with Crippen LogP contribution in [0, 0.1) is 0 Å². The largest absolute Gasteiger partial charge is 0.389 e. The first-order valence-electron chi connectivity index (χ1n) is 3.95. The van der Waals surface area contributed by atoms with Gasteiger partial charge in [-0.3, -0.25) is 0 Å². The summed E-state index contributed by atoms with van der Waals surface area (Å²) in [5.74, 6) is 0. The van der Waals surface area contributed by atoms with E-state index in [1.807, 2.05) is 19.1 Å². The van der Waals surface area contributed by atoms with Crippen LogP contribution in [0.2, 0.25) is 0 Å². The van der Waals surface area contributed by atoms with Gasteiger partial charge in [-0.25, -0.2) is 0 Å². The molecule has 0 aromatic rings. The van der Waals surface area contributed by atoms with Gasteiger partial charge in [-0.15, -0.1) is 0 Å².